The lowest BCUT2D eigenvalue weighted by atomic mass is 9.98. The minimum atomic E-state index is -0.420. The van der Waals surface area contributed by atoms with E-state index in [4.69, 9.17) is 0 Å². The Labute approximate surface area is 156 Å². The summed E-state index contributed by atoms with van der Waals surface area (Å²) in [5.74, 6) is -0.722. The molecule has 0 fully saturated rings. The highest BCUT2D eigenvalue weighted by molar-refractivity contribution is 5.95. The summed E-state index contributed by atoms with van der Waals surface area (Å²) < 4.78 is 15.2. The predicted octanol–water partition coefficient (Wildman–Crippen LogP) is 4.30. The van der Waals surface area contributed by atoms with Gasteiger partial charge in [0.15, 0.2) is 0 Å². The van der Waals surface area contributed by atoms with Gasteiger partial charge in [-0.05, 0) is 30.2 Å². The molecule has 0 aliphatic rings. The van der Waals surface area contributed by atoms with Crippen LogP contribution in [0.2, 0.25) is 0 Å². The first kappa shape index (κ1) is 17.0. The Morgan fingerprint density at radius 3 is 2.15 bits per heavy atom. The summed E-state index contributed by atoms with van der Waals surface area (Å²) in [6.45, 7) is 1.75. The molecule has 0 aliphatic heterocycles. The largest absolute Gasteiger partial charge is 0.340 e. The van der Waals surface area contributed by atoms with Crippen LogP contribution >= 0.6 is 0 Å². The van der Waals surface area contributed by atoms with E-state index >= 15 is 0 Å². The molecule has 1 amide bonds. The van der Waals surface area contributed by atoms with E-state index < -0.39 is 5.82 Å². The van der Waals surface area contributed by atoms with E-state index in [1.807, 2.05) is 60.7 Å². The fourth-order valence-corrected chi connectivity index (χ4v) is 3.26. The summed E-state index contributed by atoms with van der Waals surface area (Å²) in [6, 6.07) is 22.1. The van der Waals surface area contributed by atoms with Crippen LogP contribution in [0, 0.1) is 12.7 Å². The number of amides is 1. The number of hydrogen-bond acceptors (Lipinski definition) is 2. The number of nitrogens with zero attached hydrogens (tertiary/aromatic N) is 2. The molecule has 2 aromatic heterocycles. The van der Waals surface area contributed by atoms with Crippen LogP contribution in [0.1, 0.15) is 33.4 Å². The van der Waals surface area contributed by atoms with Crippen molar-refractivity contribution in [3.05, 3.63) is 107 Å². The zero-order chi connectivity index (χ0) is 18.8. The van der Waals surface area contributed by atoms with Gasteiger partial charge < -0.3 is 5.32 Å². The van der Waals surface area contributed by atoms with E-state index in [1.54, 1.807) is 13.0 Å². The van der Waals surface area contributed by atoms with Crippen LogP contribution in [0.25, 0.3) is 5.65 Å². The SMILES string of the molecule is Cc1nc2ccc(F)cn2c1C(=O)NC(c1ccccc1)c1ccccc1. The highest BCUT2D eigenvalue weighted by Crippen LogP contribution is 2.23. The first-order valence-electron chi connectivity index (χ1n) is 8.68. The molecule has 4 aromatic rings. The summed E-state index contributed by atoms with van der Waals surface area (Å²) in [6.07, 6.45) is 1.28. The first-order valence-corrected chi connectivity index (χ1v) is 8.68. The van der Waals surface area contributed by atoms with Gasteiger partial charge in [0.05, 0.1) is 11.7 Å². The number of halogens is 1. The average Bonchev–Trinajstić information content (AvgIpc) is 3.02. The smallest absolute Gasteiger partial charge is 0.270 e. The van der Waals surface area contributed by atoms with Crippen molar-refractivity contribution in [1.29, 1.82) is 0 Å². The highest BCUT2D eigenvalue weighted by Gasteiger charge is 2.22. The van der Waals surface area contributed by atoms with Crippen molar-refractivity contribution in [3.63, 3.8) is 0 Å². The quantitative estimate of drug-likeness (QED) is 0.590. The molecule has 2 aromatic carbocycles. The Kier molecular flexibility index (Phi) is 4.42. The molecule has 5 heteroatoms. The van der Waals surface area contributed by atoms with Gasteiger partial charge in [0.25, 0.3) is 5.91 Å². The van der Waals surface area contributed by atoms with Gasteiger partial charge in [-0.25, -0.2) is 9.37 Å². The van der Waals surface area contributed by atoms with Gasteiger partial charge in [-0.2, -0.15) is 0 Å². The number of carbonyl (C=O) groups excluding carboxylic acids is 1. The van der Waals surface area contributed by atoms with Crippen molar-refractivity contribution in [2.24, 2.45) is 0 Å². The number of benzene rings is 2. The molecule has 1 N–H and O–H groups in total. The lowest BCUT2D eigenvalue weighted by molar-refractivity contribution is 0.0936. The molecule has 2 heterocycles. The molecule has 0 unspecified atom stereocenters. The fraction of sp³-hybridized carbons (Fsp3) is 0.0909. The van der Waals surface area contributed by atoms with Gasteiger partial charge in [-0.1, -0.05) is 60.7 Å². The zero-order valence-corrected chi connectivity index (χ0v) is 14.8. The Balaban J connectivity index is 1.75. The predicted molar refractivity (Wildman–Crippen MR) is 102 cm³/mol. The van der Waals surface area contributed by atoms with Crippen LogP contribution in [0.3, 0.4) is 0 Å². The monoisotopic (exact) mass is 359 g/mol. The Bertz CT molecular complexity index is 1050. The number of imidazole rings is 1. The van der Waals surface area contributed by atoms with E-state index in [0.29, 0.717) is 17.0 Å². The van der Waals surface area contributed by atoms with Crippen LogP contribution in [0.5, 0.6) is 0 Å². The van der Waals surface area contributed by atoms with E-state index in [9.17, 15) is 9.18 Å². The summed E-state index contributed by atoms with van der Waals surface area (Å²) in [5.41, 5.74) is 3.36. The second-order valence-corrected chi connectivity index (χ2v) is 6.35. The number of pyridine rings is 1. The number of carbonyl (C=O) groups is 1. The second kappa shape index (κ2) is 7.03. The normalized spacial score (nSPS) is 11.1. The summed E-state index contributed by atoms with van der Waals surface area (Å²) in [4.78, 5) is 17.5. The van der Waals surface area contributed by atoms with Crippen LogP contribution in [-0.2, 0) is 0 Å². The Morgan fingerprint density at radius 1 is 0.963 bits per heavy atom. The van der Waals surface area contributed by atoms with Gasteiger partial charge in [0.2, 0.25) is 0 Å². The molecule has 0 aliphatic carbocycles. The molecule has 0 saturated carbocycles. The molecule has 0 saturated heterocycles. The highest BCUT2D eigenvalue weighted by atomic mass is 19.1. The van der Waals surface area contributed by atoms with Crippen molar-refractivity contribution >= 4 is 11.6 Å². The maximum Gasteiger partial charge on any atom is 0.270 e. The molecular formula is C22H18FN3O. The number of aromatic nitrogens is 2. The molecular weight excluding hydrogens is 341 g/mol. The summed E-state index contributed by atoms with van der Waals surface area (Å²) >= 11 is 0. The number of aryl methyl sites for hydroxylation is 1. The first-order chi connectivity index (χ1) is 13.1. The molecule has 4 rings (SSSR count). The molecule has 0 bridgehead atoms. The Morgan fingerprint density at radius 2 is 1.56 bits per heavy atom. The van der Waals surface area contributed by atoms with E-state index in [2.05, 4.69) is 10.3 Å². The van der Waals surface area contributed by atoms with Gasteiger partial charge in [-0.15, -0.1) is 0 Å². The van der Waals surface area contributed by atoms with Crippen molar-refractivity contribution in [2.45, 2.75) is 13.0 Å². The second-order valence-electron chi connectivity index (χ2n) is 6.35. The molecule has 27 heavy (non-hydrogen) atoms. The third-order valence-electron chi connectivity index (χ3n) is 4.51. The number of rotatable bonds is 4. The molecule has 0 radical (unpaired) electrons. The Hall–Kier alpha value is -3.47. The lowest BCUT2D eigenvalue weighted by Gasteiger charge is -2.20. The van der Waals surface area contributed by atoms with E-state index in [0.717, 1.165) is 11.1 Å². The molecule has 0 spiro atoms. The van der Waals surface area contributed by atoms with Gasteiger partial charge in [0, 0.05) is 6.20 Å². The van der Waals surface area contributed by atoms with Crippen molar-refractivity contribution in [1.82, 2.24) is 14.7 Å². The fourth-order valence-electron chi connectivity index (χ4n) is 3.26. The topological polar surface area (TPSA) is 46.4 Å². The third kappa shape index (κ3) is 3.31. The molecule has 0 atom stereocenters. The van der Waals surface area contributed by atoms with Gasteiger partial charge in [0.1, 0.15) is 17.2 Å². The zero-order valence-electron chi connectivity index (χ0n) is 14.8. The average molecular weight is 359 g/mol. The van der Waals surface area contributed by atoms with E-state index in [1.165, 1.54) is 16.7 Å². The maximum absolute atomic E-state index is 13.7. The van der Waals surface area contributed by atoms with Crippen molar-refractivity contribution in [3.8, 4) is 0 Å². The summed E-state index contributed by atoms with van der Waals surface area (Å²) in [7, 11) is 0. The third-order valence-corrected chi connectivity index (χ3v) is 4.51. The number of fused-ring (bicyclic) bond motifs is 1. The van der Waals surface area contributed by atoms with Crippen molar-refractivity contribution in [2.75, 3.05) is 0 Å². The number of hydrogen-bond donors (Lipinski definition) is 1. The molecule has 134 valence electrons. The standard InChI is InChI=1S/C22H18FN3O/c1-15-21(26-14-18(23)12-13-19(26)24-15)22(27)25-20(16-8-4-2-5-9-16)17-10-6-3-7-11-17/h2-14,20H,1H3,(H,25,27). The number of nitrogens with one attached hydrogen (secondary N) is 1. The molecule has 4 nitrogen and oxygen atoms in total. The van der Waals surface area contributed by atoms with E-state index in [-0.39, 0.29) is 11.9 Å². The van der Waals surface area contributed by atoms with Gasteiger partial charge >= 0.3 is 0 Å². The van der Waals surface area contributed by atoms with Crippen molar-refractivity contribution < 1.29 is 9.18 Å². The van der Waals surface area contributed by atoms with Gasteiger partial charge in [-0.3, -0.25) is 9.20 Å². The summed E-state index contributed by atoms with van der Waals surface area (Å²) in [5, 5.41) is 3.08. The minimum absolute atomic E-state index is 0.302. The van der Waals surface area contributed by atoms with Crippen LogP contribution < -0.4 is 5.32 Å². The van der Waals surface area contributed by atoms with Crippen LogP contribution in [0.4, 0.5) is 4.39 Å². The van der Waals surface area contributed by atoms with Crippen LogP contribution in [0.15, 0.2) is 79.0 Å². The van der Waals surface area contributed by atoms with Crippen LogP contribution in [-0.4, -0.2) is 15.3 Å². The maximum atomic E-state index is 13.7. The lowest BCUT2D eigenvalue weighted by Crippen LogP contribution is -2.30. The minimum Gasteiger partial charge on any atom is -0.340 e.